The van der Waals surface area contributed by atoms with Gasteiger partial charge >= 0.3 is 6.18 Å². The van der Waals surface area contributed by atoms with E-state index in [4.69, 9.17) is 5.73 Å². The third-order valence-electron chi connectivity index (χ3n) is 3.30. The van der Waals surface area contributed by atoms with Crippen molar-refractivity contribution < 1.29 is 22.7 Å². The Bertz CT molecular complexity index is 743. The van der Waals surface area contributed by atoms with E-state index in [1.807, 2.05) is 0 Å². The van der Waals surface area contributed by atoms with Gasteiger partial charge in [0.05, 0.1) is 12.7 Å². The van der Waals surface area contributed by atoms with Gasteiger partial charge in [0, 0.05) is 16.9 Å². The van der Waals surface area contributed by atoms with E-state index >= 15 is 0 Å². The minimum atomic E-state index is -4.62. The van der Waals surface area contributed by atoms with Crippen LogP contribution in [0.3, 0.4) is 0 Å². The zero-order valence-electron chi connectivity index (χ0n) is 12.5. The summed E-state index contributed by atoms with van der Waals surface area (Å²) in [4.78, 5) is 12.1. The van der Waals surface area contributed by atoms with E-state index in [0.29, 0.717) is 11.4 Å². The Labute approximate surface area is 131 Å². The number of ether oxygens (including phenoxy) is 1. The van der Waals surface area contributed by atoms with E-state index in [0.717, 1.165) is 24.8 Å². The van der Waals surface area contributed by atoms with Gasteiger partial charge < -0.3 is 15.8 Å². The van der Waals surface area contributed by atoms with Crippen molar-refractivity contribution in [3.05, 3.63) is 53.1 Å². The lowest BCUT2D eigenvalue weighted by atomic mass is 10.1. The summed E-state index contributed by atoms with van der Waals surface area (Å²) < 4.78 is 43.6. The van der Waals surface area contributed by atoms with E-state index in [1.54, 1.807) is 25.1 Å². The molecular formula is C16H15F3N2O2. The van der Waals surface area contributed by atoms with Gasteiger partial charge in [-0.15, -0.1) is 0 Å². The van der Waals surface area contributed by atoms with Crippen LogP contribution in [0.5, 0.6) is 5.75 Å². The molecule has 0 radical (unpaired) electrons. The molecule has 3 N–H and O–H groups in total. The van der Waals surface area contributed by atoms with Crippen molar-refractivity contribution >= 4 is 17.3 Å². The summed E-state index contributed by atoms with van der Waals surface area (Å²) in [5, 5.41) is 2.52. The van der Waals surface area contributed by atoms with E-state index < -0.39 is 17.6 Å². The van der Waals surface area contributed by atoms with Crippen LogP contribution >= 0.6 is 0 Å². The topological polar surface area (TPSA) is 64.3 Å². The summed E-state index contributed by atoms with van der Waals surface area (Å²) in [6.07, 6.45) is -4.62. The second-order valence-electron chi connectivity index (χ2n) is 4.94. The molecule has 0 heterocycles. The van der Waals surface area contributed by atoms with Gasteiger partial charge in [-0.1, -0.05) is 6.07 Å². The number of hydrogen-bond acceptors (Lipinski definition) is 3. The van der Waals surface area contributed by atoms with Gasteiger partial charge in [-0.3, -0.25) is 4.79 Å². The fourth-order valence-electron chi connectivity index (χ4n) is 1.99. The first kappa shape index (κ1) is 16.7. The van der Waals surface area contributed by atoms with Crippen molar-refractivity contribution in [2.24, 2.45) is 0 Å². The second-order valence-corrected chi connectivity index (χ2v) is 4.94. The van der Waals surface area contributed by atoms with Gasteiger partial charge in [0.2, 0.25) is 0 Å². The summed E-state index contributed by atoms with van der Waals surface area (Å²) in [6, 6.07) is 8.01. The number of amides is 1. The standard InChI is InChI=1S/C16H15F3N2O2/c1-9-3-5-11(8-13(9)20)21-15(22)10-4-6-14(23-2)12(7-10)16(17,18)19/h3-8H,20H2,1-2H3,(H,21,22). The Morgan fingerprint density at radius 2 is 1.87 bits per heavy atom. The van der Waals surface area contributed by atoms with Gasteiger partial charge in [-0.2, -0.15) is 13.2 Å². The molecule has 0 aliphatic heterocycles. The number of nitrogen functional groups attached to an aromatic ring is 1. The van der Waals surface area contributed by atoms with Gasteiger partial charge in [0.1, 0.15) is 5.75 Å². The van der Waals surface area contributed by atoms with Crippen LogP contribution in [0.15, 0.2) is 36.4 Å². The molecule has 0 saturated carbocycles. The maximum absolute atomic E-state index is 13.0. The molecule has 23 heavy (non-hydrogen) atoms. The summed E-state index contributed by atoms with van der Waals surface area (Å²) in [7, 11) is 1.14. The SMILES string of the molecule is COc1ccc(C(=O)Nc2ccc(C)c(N)c2)cc1C(F)(F)F. The highest BCUT2D eigenvalue weighted by Crippen LogP contribution is 2.36. The first-order chi connectivity index (χ1) is 10.7. The Morgan fingerprint density at radius 1 is 1.17 bits per heavy atom. The van der Waals surface area contributed by atoms with Crippen molar-refractivity contribution in [3.63, 3.8) is 0 Å². The third-order valence-corrected chi connectivity index (χ3v) is 3.30. The highest BCUT2D eigenvalue weighted by atomic mass is 19.4. The predicted octanol–water partition coefficient (Wildman–Crippen LogP) is 3.86. The van der Waals surface area contributed by atoms with E-state index in [9.17, 15) is 18.0 Å². The van der Waals surface area contributed by atoms with Crippen LogP contribution in [0.1, 0.15) is 21.5 Å². The number of carbonyl (C=O) groups excluding carboxylic acids is 1. The van der Waals surface area contributed by atoms with Crippen molar-refractivity contribution in [2.45, 2.75) is 13.1 Å². The highest BCUT2D eigenvalue weighted by Gasteiger charge is 2.35. The summed E-state index contributed by atoms with van der Waals surface area (Å²) in [5.74, 6) is -1.00. The predicted molar refractivity (Wildman–Crippen MR) is 81.5 cm³/mol. The number of methoxy groups -OCH3 is 1. The fraction of sp³-hybridized carbons (Fsp3) is 0.188. The molecule has 0 aliphatic carbocycles. The molecule has 2 aromatic carbocycles. The molecule has 122 valence electrons. The van der Waals surface area contributed by atoms with Gasteiger partial charge in [0.15, 0.2) is 0 Å². The van der Waals surface area contributed by atoms with Crippen LogP contribution in [-0.4, -0.2) is 13.0 Å². The van der Waals surface area contributed by atoms with Gasteiger partial charge in [-0.05, 0) is 42.8 Å². The van der Waals surface area contributed by atoms with Crippen LogP contribution in [0, 0.1) is 6.92 Å². The molecule has 4 nitrogen and oxygen atoms in total. The second kappa shape index (κ2) is 6.20. The number of halogens is 3. The average Bonchev–Trinajstić information content (AvgIpc) is 2.49. The molecule has 2 aromatic rings. The zero-order chi connectivity index (χ0) is 17.2. The van der Waals surface area contributed by atoms with E-state index in [1.165, 1.54) is 6.07 Å². The normalized spacial score (nSPS) is 11.2. The number of alkyl halides is 3. The molecule has 0 aliphatic rings. The van der Waals surface area contributed by atoms with E-state index in [-0.39, 0.29) is 11.3 Å². The lowest BCUT2D eigenvalue weighted by molar-refractivity contribution is -0.138. The molecule has 0 spiro atoms. The van der Waals surface area contributed by atoms with Crippen LogP contribution in [-0.2, 0) is 6.18 Å². The Hall–Kier alpha value is -2.70. The average molecular weight is 324 g/mol. The lowest BCUT2D eigenvalue weighted by Crippen LogP contribution is -2.15. The molecule has 2 rings (SSSR count). The maximum Gasteiger partial charge on any atom is 0.419 e. The van der Waals surface area contributed by atoms with Crippen molar-refractivity contribution in [2.75, 3.05) is 18.2 Å². The molecule has 1 amide bonds. The van der Waals surface area contributed by atoms with Crippen LogP contribution in [0.4, 0.5) is 24.5 Å². The molecular weight excluding hydrogens is 309 g/mol. The Kier molecular flexibility index (Phi) is 4.49. The molecule has 0 saturated heterocycles. The quantitative estimate of drug-likeness (QED) is 0.843. The van der Waals surface area contributed by atoms with Crippen molar-refractivity contribution in [3.8, 4) is 5.75 Å². The summed E-state index contributed by atoms with van der Waals surface area (Å²) >= 11 is 0. The molecule has 0 bridgehead atoms. The Balaban J connectivity index is 2.30. The third kappa shape index (κ3) is 3.74. The molecule has 0 unspecified atom stereocenters. The van der Waals surface area contributed by atoms with E-state index in [2.05, 4.69) is 10.1 Å². The minimum absolute atomic E-state index is 0.128. The van der Waals surface area contributed by atoms with Gasteiger partial charge in [0.25, 0.3) is 5.91 Å². The summed E-state index contributed by atoms with van der Waals surface area (Å²) in [6.45, 7) is 1.81. The number of anilines is 2. The number of nitrogens with two attached hydrogens (primary N) is 1. The van der Waals surface area contributed by atoms with Crippen LogP contribution < -0.4 is 15.8 Å². The minimum Gasteiger partial charge on any atom is -0.496 e. The molecule has 7 heteroatoms. The number of nitrogens with one attached hydrogen (secondary N) is 1. The smallest absolute Gasteiger partial charge is 0.419 e. The number of benzene rings is 2. The molecule has 0 aromatic heterocycles. The number of aryl methyl sites for hydroxylation is 1. The maximum atomic E-state index is 13.0. The highest BCUT2D eigenvalue weighted by molar-refractivity contribution is 6.04. The van der Waals surface area contributed by atoms with Crippen molar-refractivity contribution in [1.29, 1.82) is 0 Å². The fourth-order valence-corrected chi connectivity index (χ4v) is 1.99. The largest absolute Gasteiger partial charge is 0.496 e. The number of carbonyl (C=O) groups is 1. The molecule has 0 fully saturated rings. The zero-order valence-corrected chi connectivity index (χ0v) is 12.5. The van der Waals surface area contributed by atoms with Crippen LogP contribution in [0.25, 0.3) is 0 Å². The first-order valence-corrected chi connectivity index (χ1v) is 6.65. The Morgan fingerprint density at radius 3 is 2.43 bits per heavy atom. The lowest BCUT2D eigenvalue weighted by Gasteiger charge is -2.13. The van der Waals surface area contributed by atoms with Crippen molar-refractivity contribution in [1.82, 2.24) is 0 Å². The van der Waals surface area contributed by atoms with Crippen LogP contribution in [0.2, 0.25) is 0 Å². The first-order valence-electron chi connectivity index (χ1n) is 6.65. The number of hydrogen-bond donors (Lipinski definition) is 2. The monoisotopic (exact) mass is 324 g/mol. The van der Waals surface area contributed by atoms with Gasteiger partial charge in [-0.25, -0.2) is 0 Å². The summed E-state index contributed by atoms with van der Waals surface area (Å²) in [5.41, 5.74) is 6.33. The molecule has 0 atom stereocenters. The number of rotatable bonds is 3.